The summed E-state index contributed by atoms with van der Waals surface area (Å²) in [7, 11) is 1.69. The highest BCUT2D eigenvalue weighted by atomic mass is 127. The lowest BCUT2D eigenvalue weighted by Gasteiger charge is -2.07. The maximum atomic E-state index is 5.17. The minimum atomic E-state index is 0.929. The minimum absolute atomic E-state index is 0.929. The molecule has 1 aromatic carbocycles. The summed E-state index contributed by atoms with van der Waals surface area (Å²) in [5, 5.41) is 0. The fourth-order valence-corrected chi connectivity index (χ4v) is 1.61. The van der Waals surface area contributed by atoms with E-state index in [1.165, 1.54) is 15.1 Å². The van der Waals surface area contributed by atoms with E-state index in [9.17, 15) is 0 Å². The van der Waals surface area contributed by atoms with Gasteiger partial charge in [-0.3, -0.25) is 0 Å². The fraction of sp³-hybridized carbons (Fsp3) is 0.300. The Kier molecular flexibility index (Phi) is 3.38. The first-order valence-corrected chi connectivity index (χ1v) is 4.86. The van der Waals surface area contributed by atoms with Crippen LogP contribution in [0.1, 0.15) is 19.4 Å². The van der Waals surface area contributed by atoms with E-state index in [2.05, 4.69) is 48.6 Å². The number of ether oxygens (including phenoxy) is 1. The first-order chi connectivity index (χ1) is 5.63. The minimum Gasteiger partial charge on any atom is -0.497 e. The molecule has 0 saturated heterocycles. The van der Waals surface area contributed by atoms with Crippen molar-refractivity contribution in [3.05, 3.63) is 33.3 Å². The monoisotopic (exact) mass is 275 g/mol. The van der Waals surface area contributed by atoms with Crippen LogP contribution in [0.4, 0.5) is 0 Å². The van der Waals surface area contributed by atoms with E-state index in [1.807, 2.05) is 6.07 Å². The summed E-state index contributed by atoms with van der Waals surface area (Å²) in [5.41, 5.74) is 1.25. The van der Waals surface area contributed by atoms with Gasteiger partial charge in [-0.1, -0.05) is 13.8 Å². The third kappa shape index (κ3) is 2.37. The summed E-state index contributed by atoms with van der Waals surface area (Å²) >= 11 is 2.29. The lowest BCUT2D eigenvalue weighted by atomic mass is 10.0. The molecule has 0 atom stereocenters. The summed E-state index contributed by atoms with van der Waals surface area (Å²) in [6.45, 7) is 4.20. The molecule has 0 saturated carbocycles. The maximum absolute atomic E-state index is 5.17. The van der Waals surface area contributed by atoms with Gasteiger partial charge in [0.2, 0.25) is 0 Å². The topological polar surface area (TPSA) is 9.23 Å². The zero-order chi connectivity index (χ0) is 9.14. The molecule has 65 valence electrons. The molecule has 1 aromatic rings. The molecule has 0 bridgehead atoms. The fourth-order valence-electron chi connectivity index (χ4n) is 0.969. The SMILES string of the molecule is COc1cc(I)cc([C](C)C)c1. The Bertz CT molecular complexity index is 269. The molecule has 0 fully saturated rings. The Labute approximate surface area is 87.3 Å². The summed E-state index contributed by atoms with van der Waals surface area (Å²) in [4.78, 5) is 0. The van der Waals surface area contributed by atoms with Gasteiger partial charge in [0.05, 0.1) is 7.11 Å². The zero-order valence-electron chi connectivity index (χ0n) is 7.52. The van der Waals surface area contributed by atoms with Crippen molar-refractivity contribution in [3.8, 4) is 5.75 Å². The van der Waals surface area contributed by atoms with Crippen LogP contribution in [0.25, 0.3) is 0 Å². The molecule has 0 amide bonds. The Morgan fingerprint density at radius 3 is 2.42 bits per heavy atom. The molecule has 1 nitrogen and oxygen atoms in total. The van der Waals surface area contributed by atoms with Gasteiger partial charge in [-0.25, -0.2) is 0 Å². The van der Waals surface area contributed by atoms with Crippen LogP contribution < -0.4 is 4.74 Å². The molecule has 0 aliphatic carbocycles. The average Bonchev–Trinajstić information content (AvgIpc) is 2.03. The molecule has 12 heavy (non-hydrogen) atoms. The van der Waals surface area contributed by atoms with Gasteiger partial charge in [-0.2, -0.15) is 0 Å². The predicted molar refractivity (Wildman–Crippen MR) is 59.4 cm³/mol. The van der Waals surface area contributed by atoms with Gasteiger partial charge in [0.25, 0.3) is 0 Å². The Hall–Kier alpha value is -0.250. The zero-order valence-corrected chi connectivity index (χ0v) is 9.68. The van der Waals surface area contributed by atoms with Crippen molar-refractivity contribution in [1.29, 1.82) is 0 Å². The Balaban J connectivity index is 3.06. The van der Waals surface area contributed by atoms with E-state index in [-0.39, 0.29) is 0 Å². The van der Waals surface area contributed by atoms with Crippen LogP contribution in [0.5, 0.6) is 5.75 Å². The standard InChI is InChI=1S/C10H12IO/c1-7(2)8-4-9(11)6-10(5-8)12-3/h4-6H,1-3H3. The molecule has 0 aliphatic heterocycles. The van der Waals surface area contributed by atoms with Gasteiger partial charge in [0.15, 0.2) is 0 Å². The largest absolute Gasteiger partial charge is 0.497 e. The third-order valence-electron chi connectivity index (χ3n) is 1.68. The van der Waals surface area contributed by atoms with E-state index in [1.54, 1.807) is 7.11 Å². The molecule has 0 heterocycles. The van der Waals surface area contributed by atoms with Crippen LogP contribution in [0.15, 0.2) is 18.2 Å². The molecule has 0 aliphatic rings. The van der Waals surface area contributed by atoms with Gasteiger partial charge in [0.1, 0.15) is 5.75 Å². The highest BCUT2D eigenvalue weighted by molar-refractivity contribution is 14.1. The van der Waals surface area contributed by atoms with Crippen molar-refractivity contribution in [2.75, 3.05) is 7.11 Å². The van der Waals surface area contributed by atoms with Crippen LogP contribution in [-0.2, 0) is 0 Å². The highest BCUT2D eigenvalue weighted by Crippen LogP contribution is 2.23. The molecule has 0 spiro atoms. The van der Waals surface area contributed by atoms with Crippen molar-refractivity contribution >= 4 is 22.6 Å². The van der Waals surface area contributed by atoms with E-state index in [0.717, 1.165) is 5.75 Å². The first kappa shape index (κ1) is 9.84. The number of halogens is 1. The quantitative estimate of drug-likeness (QED) is 0.753. The van der Waals surface area contributed by atoms with Gasteiger partial charge >= 0.3 is 0 Å². The smallest absolute Gasteiger partial charge is 0.120 e. The van der Waals surface area contributed by atoms with Crippen LogP contribution in [0.2, 0.25) is 0 Å². The molecule has 2 heteroatoms. The number of benzene rings is 1. The summed E-state index contributed by atoms with van der Waals surface area (Å²) < 4.78 is 6.38. The van der Waals surface area contributed by atoms with Gasteiger partial charge in [-0.05, 0) is 52.3 Å². The van der Waals surface area contributed by atoms with Crippen LogP contribution >= 0.6 is 22.6 Å². The summed E-state index contributed by atoms with van der Waals surface area (Å²) in [6.07, 6.45) is 0. The number of methoxy groups -OCH3 is 1. The number of hydrogen-bond donors (Lipinski definition) is 0. The normalized spacial score (nSPS) is 10.4. The number of hydrogen-bond acceptors (Lipinski definition) is 1. The van der Waals surface area contributed by atoms with E-state index in [4.69, 9.17) is 4.74 Å². The molecule has 0 aromatic heterocycles. The van der Waals surface area contributed by atoms with E-state index in [0.29, 0.717) is 0 Å². The second kappa shape index (κ2) is 4.12. The average molecular weight is 275 g/mol. The van der Waals surface area contributed by atoms with Crippen LogP contribution in [0.3, 0.4) is 0 Å². The van der Waals surface area contributed by atoms with Crippen molar-refractivity contribution in [3.63, 3.8) is 0 Å². The summed E-state index contributed by atoms with van der Waals surface area (Å²) in [5.74, 6) is 2.24. The van der Waals surface area contributed by atoms with Gasteiger partial charge < -0.3 is 4.74 Å². The summed E-state index contributed by atoms with van der Waals surface area (Å²) in [6, 6.07) is 6.23. The lowest BCUT2D eigenvalue weighted by molar-refractivity contribution is 0.414. The molecule has 0 unspecified atom stereocenters. The molecule has 0 N–H and O–H groups in total. The Morgan fingerprint density at radius 1 is 1.25 bits per heavy atom. The Morgan fingerprint density at radius 2 is 1.92 bits per heavy atom. The molecular formula is C10H12IO. The number of rotatable bonds is 2. The van der Waals surface area contributed by atoms with Gasteiger partial charge in [-0.15, -0.1) is 0 Å². The third-order valence-corrected chi connectivity index (χ3v) is 2.31. The van der Waals surface area contributed by atoms with Crippen molar-refractivity contribution in [1.82, 2.24) is 0 Å². The first-order valence-electron chi connectivity index (χ1n) is 3.78. The maximum Gasteiger partial charge on any atom is 0.120 e. The van der Waals surface area contributed by atoms with E-state index < -0.39 is 0 Å². The van der Waals surface area contributed by atoms with Crippen molar-refractivity contribution < 1.29 is 4.74 Å². The second-order valence-corrected chi connectivity index (χ2v) is 4.13. The molecular weight excluding hydrogens is 263 g/mol. The molecule has 1 rings (SSSR count). The van der Waals surface area contributed by atoms with Crippen molar-refractivity contribution in [2.45, 2.75) is 13.8 Å². The van der Waals surface area contributed by atoms with Crippen LogP contribution in [-0.4, -0.2) is 7.11 Å². The lowest BCUT2D eigenvalue weighted by Crippen LogP contribution is -1.91. The van der Waals surface area contributed by atoms with Gasteiger partial charge in [0, 0.05) is 3.57 Å². The second-order valence-electron chi connectivity index (χ2n) is 2.88. The predicted octanol–water partition coefficient (Wildman–Crippen LogP) is 3.26. The molecule has 1 radical (unpaired) electrons. The van der Waals surface area contributed by atoms with Crippen LogP contribution in [0, 0.1) is 9.49 Å². The highest BCUT2D eigenvalue weighted by Gasteiger charge is 2.02. The van der Waals surface area contributed by atoms with E-state index >= 15 is 0 Å². The van der Waals surface area contributed by atoms with Crippen molar-refractivity contribution in [2.24, 2.45) is 0 Å².